The first-order valence-corrected chi connectivity index (χ1v) is 7.48. The molecular weight excluding hydrogens is 222 g/mol. The van der Waals surface area contributed by atoms with Crippen LogP contribution in [-0.2, 0) is 13.5 Å². The van der Waals surface area contributed by atoms with Gasteiger partial charge in [0.25, 0.3) is 0 Å². The topological polar surface area (TPSA) is 29.9 Å². The van der Waals surface area contributed by atoms with Crippen LogP contribution in [0.5, 0.6) is 0 Å². The van der Waals surface area contributed by atoms with Gasteiger partial charge in [-0.3, -0.25) is 4.68 Å². The summed E-state index contributed by atoms with van der Waals surface area (Å²) in [4.78, 5) is 0. The van der Waals surface area contributed by atoms with E-state index in [-0.39, 0.29) is 0 Å². The van der Waals surface area contributed by atoms with Gasteiger partial charge in [0.15, 0.2) is 0 Å². The molecule has 0 saturated heterocycles. The molecule has 0 aliphatic heterocycles. The standard InChI is InChI=1S/C15H29N3/c1-5-8-9-10-11-15(16-7-3)13-12-18(4)17-14(13)6-2/h12,15-16H,5-11H2,1-4H3. The lowest BCUT2D eigenvalue weighted by molar-refractivity contribution is 0.479. The van der Waals surface area contributed by atoms with Gasteiger partial charge in [0, 0.05) is 24.8 Å². The van der Waals surface area contributed by atoms with Crippen LogP contribution in [0.25, 0.3) is 0 Å². The number of rotatable bonds is 9. The van der Waals surface area contributed by atoms with Gasteiger partial charge in [-0.1, -0.05) is 46.5 Å². The second-order valence-electron chi connectivity index (χ2n) is 5.02. The van der Waals surface area contributed by atoms with E-state index >= 15 is 0 Å². The van der Waals surface area contributed by atoms with E-state index in [4.69, 9.17) is 0 Å². The third kappa shape index (κ3) is 4.45. The Kier molecular flexibility index (Phi) is 7.02. The molecule has 1 aromatic rings. The molecule has 104 valence electrons. The lowest BCUT2D eigenvalue weighted by Crippen LogP contribution is -2.21. The molecule has 0 bridgehead atoms. The van der Waals surface area contributed by atoms with Crippen molar-refractivity contribution in [3.8, 4) is 0 Å². The van der Waals surface area contributed by atoms with Crippen LogP contribution in [-0.4, -0.2) is 16.3 Å². The highest BCUT2D eigenvalue weighted by Crippen LogP contribution is 2.23. The zero-order valence-corrected chi connectivity index (χ0v) is 12.5. The number of hydrogen-bond acceptors (Lipinski definition) is 2. The van der Waals surface area contributed by atoms with Crippen LogP contribution in [0.3, 0.4) is 0 Å². The molecule has 1 heterocycles. The maximum Gasteiger partial charge on any atom is 0.0669 e. The number of aromatic nitrogens is 2. The summed E-state index contributed by atoms with van der Waals surface area (Å²) in [5.74, 6) is 0. The third-order valence-electron chi connectivity index (χ3n) is 3.44. The van der Waals surface area contributed by atoms with Crippen LogP contribution in [0.4, 0.5) is 0 Å². The van der Waals surface area contributed by atoms with Crippen molar-refractivity contribution in [3.63, 3.8) is 0 Å². The molecule has 0 aliphatic carbocycles. The van der Waals surface area contributed by atoms with Crippen molar-refractivity contribution < 1.29 is 0 Å². The lowest BCUT2D eigenvalue weighted by atomic mass is 9.99. The molecule has 0 fully saturated rings. The van der Waals surface area contributed by atoms with Gasteiger partial charge in [0.05, 0.1) is 5.69 Å². The summed E-state index contributed by atoms with van der Waals surface area (Å²) >= 11 is 0. The molecule has 1 atom stereocenters. The number of aryl methyl sites for hydroxylation is 2. The molecule has 18 heavy (non-hydrogen) atoms. The van der Waals surface area contributed by atoms with Crippen LogP contribution in [0.1, 0.15) is 70.2 Å². The van der Waals surface area contributed by atoms with E-state index in [0.29, 0.717) is 6.04 Å². The Hall–Kier alpha value is -0.830. The van der Waals surface area contributed by atoms with E-state index in [0.717, 1.165) is 13.0 Å². The van der Waals surface area contributed by atoms with Gasteiger partial charge in [-0.25, -0.2) is 0 Å². The first-order chi connectivity index (χ1) is 8.72. The van der Waals surface area contributed by atoms with E-state index in [9.17, 15) is 0 Å². The number of nitrogens with zero attached hydrogens (tertiary/aromatic N) is 2. The Balaban J connectivity index is 2.64. The fourth-order valence-corrected chi connectivity index (χ4v) is 2.51. The second kappa shape index (κ2) is 8.30. The van der Waals surface area contributed by atoms with Crippen LogP contribution in [0, 0.1) is 0 Å². The molecule has 3 heteroatoms. The Bertz CT molecular complexity index is 330. The molecule has 1 rings (SSSR count). The molecular formula is C15H29N3. The van der Waals surface area contributed by atoms with Crippen molar-refractivity contribution in [1.29, 1.82) is 0 Å². The summed E-state index contributed by atoms with van der Waals surface area (Å²) in [5, 5.41) is 8.16. The smallest absolute Gasteiger partial charge is 0.0669 e. The maximum atomic E-state index is 4.55. The van der Waals surface area contributed by atoms with E-state index in [1.54, 1.807) is 0 Å². The minimum atomic E-state index is 0.482. The van der Waals surface area contributed by atoms with Crippen molar-refractivity contribution in [1.82, 2.24) is 15.1 Å². The predicted octanol–water partition coefficient (Wildman–Crippen LogP) is 3.60. The first kappa shape index (κ1) is 15.2. The molecule has 0 saturated carbocycles. The number of hydrogen-bond donors (Lipinski definition) is 1. The number of nitrogens with one attached hydrogen (secondary N) is 1. The quantitative estimate of drug-likeness (QED) is 0.680. The molecule has 0 aliphatic rings. The Morgan fingerprint density at radius 2 is 2.00 bits per heavy atom. The van der Waals surface area contributed by atoms with Gasteiger partial charge in [0.2, 0.25) is 0 Å². The van der Waals surface area contributed by atoms with Crippen molar-refractivity contribution >= 4 is 0 Å². The highest BCUT2D eigenvalue weighted by Gasteiger charge is 2.16. The Labute approximate surface area is 112 Å². The summed E-state index contributed by atoms with van der Waals surface area (Å²) in [5.41, 5.74) is 2.65. The third-order valence-corrected chi connectivity index (χ3v) is 3.44. The molecule has 1 N–H and O–H groups in total. The maximum absolute atomic E-state index is 4.55. The SMILES string of the molecule is CCCCCCC(NCC)c1cn(C)nc1CC. The van der Waals surface area contributed by atoms with Gasteiger partial charge < -0.3 is 5.32 Å². The molecule has 3 nitrogen and oxygen atoms in total. The lowest BCUT2D eigenvalue weighted by Gasteiger charge is -2.17. The zero-order valence-electron chi connectivity index (χ0n) is 12.5. The van der Waals surface area contributed by atoms with Crippen LogP contribution in [0.2, 0.25) is 0 Å². The minimum absolute atomic E-state index is 0.482. The minimum Gasteiger partial charge on any atom is -0.310 e. The number of unbranched alkanes of at least 4 members (excludes halogenated alkanes) is 3. The van der Waals surface area contributed by atoms with Gasteiger partial charge in [-0.15, -0.1) is 0 Å². The summed E-state index contributed by atoms with van der Waals surface area (Å²) < 4.78 is 1.95. The highest BCUT2D eigenvalue weighted by molar-refractivity contribution is 5.21. The van der Waals surface area contributed by atoms with Crippen molar-refractivity contribution in [2.24, 2.45) is 7.05 Å². The van der Waals surface area contributed by atoms with E-state index in [1.165, 1.54) is 43.4 Å². The Morgan fingerprint density at radius 1 is 1.22 bits per heavy atom. The van der Waals surface area contributed by atoms with E-state index in [2.05, 4.69) is 37.4 Å². The monoisotopic (exact) mass is 251 g/mol. The highest BCUT2D eigenvalue weighted by atomic mass is 15.3. The van der Waals surface area contributed by atoms with Gasteiger partial charge in [0.1, 0.15) is 0 Å². The molecule has 0 radical (unpaired) electrons. The van der Waals surface area contributed by atoms with Crippen LogP contribution < -0.4 is 5.32 Å². The summed E-state index contributed by atoms with van der Waals surface area (Å²) in [6.07, 6.45) is 9.75. The summed E-state index contributed by atoms with van der Waals surface area (Å²) in [7, 11) is 2.02. The largest absolute Gasteiger partial charge is 0.310 e. The summed E-state index contributed by atoms with van der Waals surface area (Å²) in [6, 6.07) is 0.482. The molecule has 0 spiro atoms. The average Bonchev–Trinajstić information content (AvgIpc) is 2.74. The average molecular weight is 251 g/mol. The van der Waals surface area contributed by atoms with Crippen molar-refractivity contribution in [2.75, 3.05) is 6.54 Å². The van der Waals surface area contributed by atoms with Crippen molar-refractivity contribution in [3.05, 3.63) is 17.5 Å². The molecule has 1 unspecified atom stereocenters. The van der Waals surface area contributed by atoms with Crippen molar-refractivity contribution in [2.45, 2.75) is 65.3 Å². The van der Waals surface area contributed by atoms with Crippen LogP contribution in [0.15, 0.2) is 6.20 Å². The fourth-order valence-electron chi connectivity index (χ4n) is 2.51. The normalized spacial score (nSPS) is 12.9. The van der Waals surface area contributed by atoms with Gasteiger partial charge >= 0.3 is 0 Å². The zero-order chi connectivity index (χ0) is 13.4. The first-order valence-electron chi connectivity index (χ1n) is 7.48. The molecule has 1 aromatic heterocycles. The second-order valence-corrected chi connectivity index (χ2v) is 5.02. The molecule has 0 aromatic carbocycles. The predicted molar refractivity (Wildman–Crippen MR) is 77.8 cm³/mol. The summed E-state index contributed by atoms with van der Waals surface area (Å²) in [6.45, 7) is 7.65. The van der Waals surface area contributed by atoms with Crippen LogP contribution >= 0.6 is 0 Å². The van der Waals surface area contributed by atoms with E-state index in [1.807, 2.05) is 11.7 Å². The Morgan fingerprint density at radius 3 is 2.61 bits per heavy atom. The molecule has 0 amide bonds. The van der Waals surface area contributed by atoms with Gasteiger partial charge in [-0.2, -0.15) is 5.10 Å². The fraction of sp³-hybridized carbons (Fsp3) is 0.800. The van der Waals surface area contributed by atoms with Gasteiger partial charge in [-0.05, 0) is 19.4 Å². The van der Waals surface area contributed by atoms with E-state index < -0.39 is 0 Å².